The van der Waals surface area contributed by atoms with E-state index in [-0.39, 0.29) is 47.3 Å². The molecule has 0 rings (SSSR count). The zero-order valence-electron chi connectivity index (χ0n) is 21.2. The highest BCUT2D eigenvalue weighted by atomic mass is 127. The Balaban J connectivity index is 4.76. The average molecular weight is 635 g/mol. The molecular weight excluding hydrogens is 598 g/mol. The fourth-order valence-corrected chi connectivity index (χ4v) is 3.75. The standard InChI is InChI=1S/C22H37F3IN5O5/c1-12(2)10-15(31-20(35)17(27-5)13(3)4)19(34)29-11-16(32)30-14(18(26)33)8-6-7-9-28-21(36)22(23,24)25/h12-15,17,27H,6-11H2,1-5H3,(H,28,36)(H,29,34)(H,30,32)(H,31,35). The van der Waals surface area contributed by atoms with Gasteiger partial charge in [0.2, 0.25) is 21.5 Å². The Morgan fingerprint density at radius 2 is 1.47 bits per heavy atom. The molecule has 10 nitrogen and oxygen atoms in total. The third-order valence-electron chi connectivity index (χ3n) is 5.10. The summed E-state index contributed by atoms with van der Waals surface area (Å²) in [6.45, 7) is 6.87. The number of unbranched alkanes of at least 4 members (excludes halogenated alkanes) is 1. The third kappa shape index (κ3) is 13.9. The number of carbonyl (C=O) groups excluding carboxylic acids is 5. The molecule has 0 bridgehead atoms. The smallest absolute Gasteiger partial charge is 0.348 e. The molecule has 3 atom stereocenters. The molecule has 0 aliphatic heterocycles. The number of alkyl halides is 3. The molecule has 0 fully saturated rings. The van der Waals surface area contributed by atoms with Gasteiger partial charge in [-0.3, -0.25) is 24.0 Å². The highest BCUT2D eigenvalue weighted by molar-refractivity contribution is 14.1. The first-order chi connectivity index (χ1) is 16.6. The van der Waals surface area contributed by atoms with Gasteiger partial charge in [-0.05, 0) is 44.6 Å². The lowest BCUT2D eigenvalue weighted by atomic mass is 10.00. The number of hydrogen-bond donors (Lipinski definition) is 5. The molecule has 5 N–H and O–H groups in total. The van der Waals surface area contributed by atoms with Crippen molar-refractivity contribution in [3.63, 3.8) is 0 Å². The molecule has 0 aromatic rings. The first-order valence-electron chi connectivity index (χ1n) is 11.7. The van der Waals surface area contributed by atoms with Crippen LogP contribution in [0.3, 0.4) is 0 Å². The molecule has 0 saturated carbocycles. The van der Waals surface area contributed by atoms with Gasteiger partial charge >= 0.3 is 12.1 Å². The third-order valence-corrected chi connectivity index (χ3v) is 5.85. The molecule has 0 saturated heterocycles. The van der Waals surface area contributed by atoms with Crippen LogP contribution in [0.15, 0.2) is 0 Å². The molecule has 0 aromatic carbocycles. The Hall–Kier alpha value is -1.97. The van der Waals surface area contributed by atoms with Crippen LogP contribution < -0.4 is 26.6 Å². The number of amides is 4. The molecule has 0 aliphatic carbocycles. The minimum absolute atomic E-state index is 0.00723. The zero-order chi connectivity index (χ0) is 28.1. The monoisotopic (exact) mass is 635 g/mol. The molecule has 4 amide bonds. The van der Waals surface area contributed by atoms with Crippen LogP contribution in [0, 0.1) is 11.8 Å². The van der Waals surface area contributed by atoms with Crippen molar-refractivity contribution in [3.8, 4) is 0 Å². The summed E-state index contributed by atoms with van der Waals surface area (Å²) in [5, 5.41) is 12.3. The number of hydrogen-bond acceptors (Lipinski definition) is 6. The molecule has 0 aliphatic rings. The van der Waals surface area contributed by atoms with E-state index in [1.165, 1.54) is 22.6 Å². The van der Waals surface area contributed by atoms with Crippen LogP contribution in [-0.2, 0) is 24.0 Å². The van der Waals surface area contributed by atoms with E-state index in [1.54, 1.807) is 12.4 Å². The molecule has 208 valence electrons. The van der Waals surface area contributed by atoms with Crippen LogP contribution in [-0.4, -0.2) is 71.9 Å². The summed E-state index contributed by atoms with van der Waals surface area (Å²) in [6, 6.07) is -2.25. The highest BCUT2D eigenvalue weighted by Gasteiger charge is 2.38. The topological polar surface area (TPSA) is 146 Å². The van der Waals surface area contributed by atoms with Crippen LogP contribution in [0.4, 0.5) is 13.2 Å². The predicted octanol–water partition coefficient (Wildman–Crippen LogP) is 1.17. The van der Waals surface area contributed by atoms with Crippen molar-refractivity contribution in [3.05, 3.63) is 0 Å². The van der Waals surface area contributed by atoms with Gasteiger partial charge in [-0.25, -0.2) is 0 Å². The number of carbonyl (C=O) groups is 5. The Morgan fingerprint density at radius 1 is 0.861 bits per heavy atom. The molecule has 0 radical (unpaired) electrons. The molecule has 3 unspecified atom stereocenters. The summed E-state index contributed by atoms with van der Waals surface area (Å²) >= 11 is 1.50. The number of nitrogens with one attached hydrogen (secondary N) is 5. The van der Waals surface area contributed by atoms with E-state index in [2.05, 4.69) is 21.3 Å². The summed E-state index contributed by atoms with van der Waals surface area (Å²) in [6.07, 6.45) is -4.01. The maximum atomic E-state index is 12.7. The lowest BCUT2D eigenvalue weighted by Gasteiger charge is -2.25. The van der Waals surface area contributed by atoms with E-state index in [4.69, 9.17) is 0 Å². The van der Waals surface area contributed by atoms with E-state index in [9.17, 15) is 37.1 Å². The van der Waals surface area contributed by atoms with E-state index in [0.717, 1.165) is 0 Å². The number of likely N-dealkylation sites (N-methyl/N-ethyl adjacent to an activating group) is 1. The molecule has 0 heterocycles. The van der Waals surface area contributed by atoms with Gasteiger partial charge in [0.05, 0.1) is 18.6 Å². The second kappa shape index (κ2) is 16.7. The minimum atomic E-state index is -4.96. The van der Waals surface area contributed by atoms with Gasteiger partial charge in [0.15, 0.2) is 0 Å². The van der Waals surface area contributed by atoms with Gasteiger partial charge < -0.3 is 26.6 Å². The summed E-state index contributed by atoms with van der Waals surface area (Å²) < 4.78 is 36.1. The number of rotatable bonds is 16. The van der Waals surface area contributed by atoms with Crippen molar-refractivity contribution >= 4 is 50.0 Å². The van der Waals surface area contributed by atoms with Gasteiger partial charge in [0.25, 0.3) is 0 Å². The van der Waals surface area contributed by atoms with E-state index < -0.39 is 48.6 Å². The van der Waals surface area contributed by atoms with E-state index in [1.807, 2.05) is 27.7 Å². The molecular formula is C22H37F3IN5O5. The quantitative estimate of drug-likeness (QED) is 0.0979. The zero-order valence-corrected chi connectivity index (χ0v) is 23.3. The van der Waals surface area contributed by atoms with Gasteiger partial charge in [0, 0.05) is 29.1 Å². The van der Waals surface area contributed by atoms with Gasteiger partial charge in [-0.2, -0.15) is 13.2 Å². The molecule has 36 heavy (non-hydrogen) atoms. The van der Waals surface area contributed by atoms with Crippen molar-refractivity contribution in [2.75, 3.05) is 20.1 Å². The average Bonchev–Trinajstić information content (AvgIpc) is 2.74. The SMILES string of the molecule is CNC(C(=O)NC(CC(C)C)C(=O)NCC(=O)NC(CCCCNC(=O)C(F)(F)F)C(=O)I)C(C)C. The predicted molar refractivity (Wildman–Crippen MR) is 136 cm³/mol. The fourth-order valence-electron chi connectivity index (χ4n) is 3.29. The van der Waals surface area contributed by atoms with Gasteiger partial charge in [-0.1, -0.05) is 27.7 Å². The molecule has 14 heteroatoms. The fraction of sp³-hybridized carbons (Fsp3) is 0.773. The second-order valence-corrected chi connectivity index (χ2v) is 10.2. The van der Waals surface area contributed by atoms with Crippen molar-refractivity contribution in [2.24, 2.45) is 11.8 Å². The number of halogens is 4. The summed E-state index contributed by atoms with van der Waals surface area (Å²) in [7, 11) is 1.65. The lowest BCUT2D eigenvalue weighted by molar-refractivity contribution is -0.173. The Labute approximate surface area is 223 Å². The molecule has 0 aromatic heterocycles. The molecule has 0 spiro atoms. The first-order valence-corrected chi connectivity index (χ1v) is 12.8. The van der Waals surface area contributed by atoms with Crippen LogP contribution in [0.5, 0.6) is 0 Å². The minimum Gasteiger partial charge on any atom is -0.348 e. The van der Waals surface area contributed by atoms with Gasteiger partial charge in [0.1, 0.15) is 6.04 Å². The Bertz CT molecular complexity index is 765. The van der Waals surface area contributed by atoms with Crippen LogP contribution >= 0.6 is 22.6 Å². The highest BCUT2D eigenvalue weighted by Crippen LogP contribution is 2.14. The largest absolute Gasteiger partial charge is 0.471 e. The van der Waals surface area contributed by atoms with E-state index >= 15 is 0 Å². The van der Waals surface area contributed by atoms with Crippen LogP contribution in [0.25, 0.3) is 0 Å². The maximum Gasteiger partial charge on any atom is 0.471 e. The second-order valence-electron chi connectivity index (χ2n) is 9.09. The summed E-state index contributed by atoms with van der Waals surface area (Å²) in [5.74, 6) is -3.46. The summed E-state index contributed by atoms with van der Waals surface area (Å²) in [4.78, 5) is 60.1. The van der Waals surface area contributed by atoms with E-state index in [0.29, 0.717) is 6.42 Å². The Kier molecular flexibility index (Phi) is 15.8. The van der Waals surface area contributed by atoms with Crippen molar-refractivity contribution < 1.29 is 37.1 Å². The van der Waals surface area contributed by atoms with Crippen molar-refractivity contribution in [1.29, 1.82) is 0 Å². The maximum absolute atomic E-state index is 12.7. The van der Waals surface area contributed by atoms with Gasteiger partial charge in [-0.15, -0.1) is 0 Å². The summed E-state index contributed by atoms with van der Waals surface area (Å²) in [5.41, 5.74) is 0. The first kappa shape index (κ1) is 34.0. The van der Waals surface area contributed by atoms with Crippen molar-refractivity contribution in [1.82, 2.24) is 26.6 Å². The van der Waals surface area contributed by atoms with Crippen LogP contribution in [0.2, 0.25) is 0 Å². The lowest BCUT2D eigenvalue weighted by Crippen LogP contribution is -2.55. The van der Waals surface area contributed by atoms with Crippen LogP contribution in [0.1, 0.15) is 53.4 Å². The normalized spacial score (nSPS) is 14.1. The Morgan fingerprint density at radius 3 is 1.94 bits per heavy atom. The van der Waals surface area contributed by atoms with Crippen molar-refractivity contribution in [2.45, 2.75) is 77.7 Å².